The Labute approximate surface area is 158 Å². The molecular weight excluding hydrogens is 342 g/mol. The van der Waals surface area contributed by atoms with E-state index in [-0.39, 0.29) is 11.8 Å². The quantitative estimate of drug-likeness (QED) is 0.905. The first-order valence-electron chi connectivity index (χ1n) is 9.34. The molecule has 0 radical (unpaired) electrons. The van der Waals surface area contributed by atoms with E-state index in [9.17, 15) is 9.59 Å². The standard InChI is InChI=1S/C21H23N3O3/c1-2-27-18-6-3-15(4-7-18)21(26)24-11-9-23(10-12-24)17-5-8-19-16(13-17)14-20(25)22-19/h3-8,13H,2,9-12,14H2,1H3,(H,22,25). The fourth-order valence-electron chi connectivity index (χ4n) is 3.62. The molecule has 0 bridgehead atoms. The van der Waals surface area contributed by atoms with Gasteiger partial charge in [-0.05, 0) is 55.0 Å². The molecule has 0 unspecified atom stereocenters. The van der Waals surface area contributed by atoms with Crippen molar-refractivity contribution in [3.63, 3.8) is 0 Å². The Kier molecular flexibility index (Phi) is 4.71. The number of nitrogens with zero attached hydrogens (tertiary/aromatic N) is 2. The van der Waals surface area contributed by atoms with Crippen LogP contribution in [0, 0.1) is 0 Å². The zero-order valence-electron chi connectivity index (χ0n) is 15.4. The first kappa shape index (κ1) is 17.4. The van der Waals surface area contributed by atoms with Gasteiger partial charge in [0.15, 0.2) is 0 Å². The Morgan fingerprint density at radius 1 is 1.07 bits per heavy atom. The monoisotopic (exact) mass is 365 g/mol. The molecule has 0 spiro atoms. The van der Waals surface area contributed by atoms with Gasteiger partial charge in [-0.1, -0.05) is 0 Å². The summed E-state index contributed by atoms with van der Waals surface area (Å²) in [5.74, 6) is 0.887. The summed E-state index contributed by atoms with van der Waals surface area (Å²) in [6.07, 6.45) is 0.444. The minimum absolute atomic E-state index is 0.0490. The molecule has 2 aliphatic heterocycles. The van der Waals surface area contributed by atoms with Crippen LogP contribution in [0.15, 0.2) is 42.5 Å². The van der Waals surface area contributed by atoms with Crippen LogP contribution in [0.2, 0.25) is 0 Å². The Morgan fingerprint density at radius 3 is 2.52 bits per heavy atom. The van der Waals surface area contributed by atoms with Crippen LogP contribution in [0.3, 0.4) is 0 Å². The molecule has 2 aromatic carbocycles. The minimum atomic E-state index is 0.0490. The number of benzene rings is 2. The molecule has 0 aromatic heterocycles. The summed E-state index contributed by atoms with van der Waals surface area (Å²) in [5, 5.41) is 2.86. The Balaban J connectivity index is 1.38. The number of hydrogen-bond acceptors (Lipinski definition) is 4. The van der Waals surface area contributed by atoms with E-state index in [2.05, 4.69) is 16.3 Å². The molecule has 2 amide bonds. The maximum Gasteiger partial charge on any atom is 0.253 e. The van der Waals surface area contributed by atoms with Gasteiger partial charge in [0.05, 0.1) is 13.0 Å². The molecule has 0 aliphatic carbocycles. The second-order valence-corrected chi connectivity index (χ2v) is 6.80. The summed E-state index contributed by atoms with van der Waals surface area (Å²) >= 11 is 0. The van der Waals surface area contributed by atoms with E-state index < -0.39 is 0 Å². The summed E-state index contributed by atoms with van der Waals surface area (Å²) in [7, 11) is 0. The molecular formula is C21H23N3O3. The summed E-state index contributed by atoms with van der Waals surface area (Å²) in [4.78, 5) is 28.4. The van der Waals surface area contributed by atoms with Crippen molar-refractivity contribution in [1.29, 1.82) is 0 Å². The first-order chi connectivity index (χ1) is 13.1. The average Bonchev–Trinajstić information content (AvgIpc) is 3.07. The minimum Gasteiger partial charge on any atom is -0.494 e. The van der Waals surface area contributed by atoms with Crippen molar-refractivity contribution in [3.05, 3.63) is 53.6 Å². The van der Waals surface area contributed by atoms with Gasteiger partial charge in [0.1, 0.15) is 5.75 Å². The molecule has 6 nitrogen and oxygen atoms in total. The number of ether oxygens (including phenoxy) is 1. The highest BCUT2D eigenvalue weighted by atomic mass is 16.5. The highest BCUT2D eigenvalue weighted by Crippen LogP contribution is 2.28. The smallest absolute Gasteiger partial charge is 0.253 e. The lowest BCUT2D eigenvalue weighted by Gasteiger charge is -2.36. The van der Waals surface area contributed by atoms with Gasteiger partial charge in [-0.15, -0.1) is 0 Å². The topological polar surface area (TPSA) is 61.9 Å². The lowest BCUT2D eigenvalue weighted by Crippen LogP contribution is -2.48. The zero-order chi connectivity index (χ0) is 18.8. The highest BCUT2D eigenvalue weighted by molar-refractivity contribution is 5.99. The van der Waals surface area contributed by atoms with Crippen molar-refractivity contribution in [2.24, 2.45) is 0 Å². The summed E-state index contributed by atoms with van der Waals surface area (Å²) in [5.41, 5.74) is 3.76. The van der Waals surface area contributed by atoms with Gasteiger partial charge in [-0.3, -0.25) is 9.59 Å². The number of amides is 2. The third-order valence-electron chi connectivity index (χ3n) is 5.06. The van der Waals surface area contributed by atoms with Crippen LogP contribution in [-0.2, 0) is 11.2 Å². The van der Waals surface area contributed by atoms with Crippen molar-refractivity contribution in [2.45, 2.75) is 13.3 Å². The summed E-state index contributed by atoms with van der Waals surface area (Å²) in [6, 6.07) is 13.4. The predicted molar refractivity (Wildman–Crippen MR) is 105 cm³/mol. The fourth-order valence-corrected chi connectivity index (χ4v) is 3.62. The van der Waals surface area contributed by atoms with Gasteiger partial charge < -0.3 is 19.9 Å². The highest BCUT2D eigenvalue weighted by Gasteiger charge is 2.24. The van der Waals surface area contributed by atoms with Crippen molar-refractivity contribution in [1.82, 2.24) is 4.90 Å². The third-order valence-corrected chi connectivity index (χ3v) is 5.06. The first-order valence-corrected chi connectivity index (χ1v) is 9.34. The number of carbonyl (C=O) groups excluding carboxylic acids is 2. The lowest BCUT2D eigenvalue weighted by atomic mass is 10.1. The number of carbonyl (C=O) groups is 2. The van der Waals surface area contributed by atoms with Gasteiger partial charge in [0, 0.05) is 43.1 Å². The molecule has 1 fully saturated rings. The number of anilines is 2. The van der Waals surface area contributed by atoms with Crippen molar-refractivity contribution in [3.8, 4) is 5.75 Å². The van der Waals surface area contributed by atoms with Gasteiger partial charge in [-0.2, -0.15) is 0 Å². The molecule has 6 heteroatoms. The van der Waals surface area contributed by atoms with Crippen LogP contribution in [0.25, 0.3) is 0 Å². The molecule has 0 saturated carbocycles. The van der Waals surface area contributed by atoms with Gasteiger partial charge in [-0.25, -0.2) is 0 Å². The fraction of sp³-hybridized carbons (Fsp3) is 0.333. The van der Waals surface area contributed by atoms with E-state index in [0.717, 1.165) is 35.8 Å². The Hall–Kier alpha value is -3.02. The van der Waals surface area contributed by atoms with E-state index in [4.69, 9.17) is 4.74 Å². The lowest BCUT2D eigenvalue weighted by molar-refractivity contribution is -0.115. The molecule has 27 heavy (non-hydrogen) atoms. The summed E-state index contributed by atoms with van der Waals surface area (Å²) < 4.78 is 5.43. The molecule has 0 atom stereocenters. The molecule has 4 rings (SSSR count). The van der Waals surface area contributed by atoms with E-state index in [1.807, 2.05) is 48.2 Å². The van der Waals surface area contributed by atoms with Gasteiger partial charge in [0.25, 0.3) is 5.91 Å². The number of fused-ring (bicyclic) bond motifs is 1. The van der Waals surface area contributed by atoms with Crippen LogP contribution >= 0.6 is 0 Å². The van der Waals surface area contributed by atoms with E-state index in [1.54, 1.807) is 0 Å². The maximum atomic E-state index is 12.7. The van der Waals surface area contributed by atoms with E-state index in [0.29, 0.717) is 31.7 Å². The molecule has 2 heterocycles. The van der Waals surface area contributed by atoms with Gasteiger partial charge in [0.2, 0.25) is 5.91 Å². The molecule has 1 saturated heterocycles. The van der Waals surface area contributed by atoms with Crippen LogP contribution in [0.1, 0.15) is 22.8 Å². The van der Waals surface area contributed by atoms with E-state index >= 15 is 0 Å². The Bertz CT molecular complexity index is 855. The molecule has 1 N–H and O–H groups in total. The second kappa shape index (κ2) is 7.31. The average molecular weight is 365 g/mol. The van der Waals surface area contributed by atoms with Crippen LogP contribution in [-0.4, -0.2) is 49.5 Å². The number of rotatable bonds is 4. The predicted octanol–water partition coefficient (Wildman–Crippen LogP) is 2.54. The third kappa shape index (κ3) is 3.60. The number of nitrogens with one attached hydrogen (secondary N) is 1. The van der Waals surface area contributed by atoms with Crippen LogP contribution in [0.4, 0.5) is 11.4 Å². The number of piperazine rings is 1. The van der Waals surface area contributed by atoms with E-state index in [1.165, 1.54) is 0 Å². The Morgan fingerprint density at radius 2 is 1.81 bits per heavy atom. The second-order valence-electron chi connectivity index (χ2n) is 6.80. The largest absolute Gasteiger partial charge is 0.494 e. The van der Waals surface area contributed by atoms with Crippen LogP contribution in [0.5, 0.6) is 5.75 Å². The normalized spacial score (nSPS) is 16.1. The van der Waals surface area contributed by atoms with Crippen LogP contribution < -0.4 is 15.0 Å². The molecule has 140 valence electrons. The molecule has 2 aliphatic rings. The van der Waals surface area contributed by atoms with Crippen molar-refractivity contribution < 1.29 is 14.3 Å². The molecule has 2 aromatic rings. The SMILES string of the molecule is CCOc1ccc(C(=O)N2CCN(c3ccc4c(c3)CC(=O)N4)CC2)cc1. The number of hydrogen-bond donors (Lipinski definition) is 1. The van der Waals surface area contributed by atoms with Crippen molar-refractivity contribution in [2.75, 3.05) is 43.0 Å². The van der Waals surface area contributed by atoms with Gasteiger partial charge >= 0.3 is 0 Å². The zero-order valence-corrected chi connectivity index (χ0v) is 15.4. The summed E-state index contributed by atoms with van der Waals surface area (Å²) in [6.45, 7) is 5.47. The maximum absolute atomic E-state index is 12.7. The van der Waals surface area contributed by atoms with Crippen molar-refractivity contribution >= 4 is 23.2 Å².